The van der Waals surface area contributed by atoms with Crippen LogP contribution in [0.1, 0.15) is 28.2 Å². The second-order valence-electron chi connectivity index (χ2n) is 7.13. The average molecular weight is 365 g/mol. The number of carbonyl (C=O) groups excluding carboxylic acids is 3. The van der Waals surface area contributed by atoms with Crippen molar-refractivity contribution in [1.82, 2.24) is 24.9 Å². The van der Waals surface area contributed by atoms with Crippen LogP contribution in [0.25, 0.3) is 5.69 Å². The zero-order chi connectivity index (χ0) is 18.5. The highest BCUT2D eigenvalue weighted by Crippen LogP contribution is 2.29. The molecule has 1 unspecified atom stereocenters. The highest BCUT2D eigenvalue weighted by molar-refractivity contribution is 6.05. The van der Waals surface area contributed by atoms with Gasteiger partial charge >= 0.3 is 6.03 Å². The van der Waals surface area contributed by atoms with Crippen LogP contribution in [-0.2, 0) is 17.6 Å². The minimum Gasteiger partial charge on any atom is -0.333 e. The number of carbonyl (C=O) groups is 3. The summed E-state index contributed by atoms with van der Waals surface area (Å²) in [6, 6.07) is 8.85. The molecule has 0 spiro atoms. The van der Waals surface area contributed by atoms with Gasteiger partial charge in [-0.25, -0.2) is 9.48 Å². The van der Waals surface area contributed by atoms with Gasteiger partial charge in [0, 0.05) is 24.3 Å². The molecule has 1 aromatic carbocycles. The second-order valence-corrected chi connectivity index (χ2v) is 7.13. The zero-order valence-electron chi connectivity index (χ0n) is 14.7. The normalized spacial score (nSPS) is 21.3. The van der Waals surface area contributed by atoms with Crippen molar-refractivity contribution in [2.45, 2.75) is 25.3 Å². The molecule has 1 aliphatic carbocycles. The van der Waals surface area contributed by atoms with Crippen molar-refractivity contribution in [3.63, 3.8) is 0 Å². The summed E-state index contributed by atoms with van der Waals surface area (Å²) in [5.41, 5.74) is 3.53. The molecule has 2 saturated heterocycles. The van der Waals surface area contributed by atoms with Crippen molar-refractivity contribution in [3.05, 3.63) is 47.3 Å². The van der Waals surface area contributed by atoms with Crippen LogP contribution in [-0.4, -0.2) is 63.1 Å². The Morgan fingerprint density at radius 1 is 1.11 bits per heavy atom. The molecule has 8 nitrogen and oxygen atoms in total. The van der Waals surface area contributed by atoms with Crippen LogP contribution in [0.4, 0.5) is 4.79 Å². The summed E-state index contributed by atoms with van der Waals surface area (Å²) >= 11 is 0. The van der Waals surface area contributed by atoms with Gasteiger partial charge in [-0.15, -0.1) is 0 Å². The summed E-state index contributed by atoms with van der Waals surface area (Å²) in [5.74, 6) is -0.493. The van der Waals surface area contributed by atoms with Crippen molar-refractivity contribution in [3.8, 4) is 5.69 Å². The van der Waals surface area contributed by atoms with E-state index < -0.39 is 6.04 Å². The Labute approximate surface area is 155 Å². The highest BCUT2D eigenvalue weighted by atomic mass is 16.2. The van der Waals surface area contributed by atoms with Gasteiger partial charge in [0.05, 0.1) is 12.2 Å². The maximum Gasteiger partial charge on any atom is 0.324 e. The first-order chi connectivity index (χ1) is 13.1. The lowest BCUT2D eigenvalue weighted by Crippen LogP contribution is -2.54. The molecular weight excluding hydrogens is 346 g/mol. The van der Waals surface area contributed by atoms with Crippen LogP contribution in [0.15, 0.2) is 30.3 Å². The largest absolute Gasteiger partial charge is 0.333 e. The minimum atomic E-state index is -0.598. The molecule has 3 aliphatic rings. The Morgan fingerprint density at radius 2 is 1.93 bits per heavy atom. The summed E-state index contributed by atoms with van der Waals surface area (Å²) in [6.45, 7) is 0.974. The van der Waals surface area contributed by atoms with Gasteiger partial charge < -0.3 is 9.80 Å². The van der Waals surface area contributed by atoms with E-state index in [1.807, 2.05) is 35.0 Å². The number of para-hydroxylation sites is 1. The summed E-state index contributed by atoms with van der Waals surface area (Å²) in [5, 5.41) is 6.96. The summed E-state index contributed by atoms with van der Waals surface area (Å²) in [4.78, 5) is 40.1. The Hall–Kier alpha value is -3.16. The van der Waals surface area contributed by atoms with Crippen LogP contribution in [0, 0.1) is 0 Å². The zero-order valence-corrected chi connectivity index (χ0v) is 14.7. The number of rotatable bonds is 2. The lowest BCUT2D eigenvalue weighted by molar-refractivity contribution is -0.122. The molecule has 1 N–H and O–H groups in total. The number of piperazine rings is 1. The van der Waals surface area contributed by atoms with Crippen molar-refractivity contribution < 1.29 is 14.4 Å². The molecule has 5 rings (SSSR count). The predicted octanol–water partition coefficient (Wildman–Crippen LogP) is 0.737. The van der Waals surface area contributed by atoms with Crippen molar-refractivity contribution >= 4 is 17.8 Å². The fourth-order valence-electron chi connectivity index (χ4n) is 4.24. The van der Waals surface area contributed by atoms with Crippen LogP contribution >= 0.6 is 0 Å². The third-order valence-corrected chi connectivity index (χ3v) is 5.59. The van der Waals surface area contributed by atoms with Crippen molar-refractivity contribution in [1.29, 1.82) is 0 Å². The monoisotopic (exact) mass is 365 g/mol. The first kappa shape index (κ1) is 16.0. The first-order valence-electron chi connectivity index (χ1n) is 9.20. The highest BCUT2D eigenvalue weighted by Gasteiger charge is 2.44. The van der Waals surface area contributed by atoms with E-state index >= 15 is 0 Å². The fraction of sp³-hybridized carbons (Fsp3) is 0.368. The molecule has 4 amide bonds. The SMILES string of the molecule is O=C1NC(=O)N2CCN(C(=O)c3nn(-c4ccccc4)c4c3CCC4)CC12. The predicted molar refractivity (Wildman–Crippen MR) is 95.5 cm³/mol. The third kappa shape index (κ3) is 2.43. The number of hydrogen-bond donors (Lipinski definition) is 1. The number of hydrogen-bond acceptors (Lipinski definition) is 4. The van der Waals surface area contributed by atoms with Crippen LogP contribution in [0.3, 0.4) is 0 Å². The van der Waals surface area contributed by atoms with Crippen LogP contribution in [0.2, 0.25) is 0 Å². The second kappa shape index (κ2) is 5.94. The number of nitrogens with zero attached hydrogens (tertiary/aromatic N) is 4. The van der Waals surface area contributed by atoms with Gasteiger partial charge in [0.15, 0.2) is 5.69 Å². The number of amides is 4. The number of benzene rings is 1. The number of nitrogens with one attached hydrogen (secondary N) is 1. The Balaban J connectivity index is 1.46. The molecule has 2 fully saturated rings. The van der Waals surface area contributed by atoms with E-state index in [0.29, 0.717) is 18.8 Å². The molecule has 2 aliphatic heterocycles. The molecule has 2 aromatic rings. The van der Waals surface area contributed by atoms with Gasteiger partial charge in [0.1, 0.15) is 6.04 Å². The molecule has 1 aromatic heterocycles. The van der Waals surface area contributed by atoms with E-state index in [4.69, 9.17) is 0 Å². The van der Waals surface area contributed by atoms with Crippen molar-refractivity contribution in [2.75, 3.05) is 19.6 Å². The number of imide groups is 1. The van der Waals surface area contributed by atoms with E-state index in [1.165, 1.54) is 4.90 Å². The first-order valence-corrected chi connectivity index (χ1v) is 9.20. The molecule has 1 atom stereocenters. The van der Waals surface area contributed by atoms with E-state index in [1.54, 1.807) is 4.90 Å². The number of urea groups is 1. The maximum absolute atomic E-state index is 13.2. The van der Waals surface area contributed by atoms with E-state index in [9.17, 15) is 14.4 Å². The smallest absolute Gasteiger partial charge is 0.324 e. The topological polar surface area (TPSA) is 87.5 Å². The van der Waals surface area contributed by atoms with Crippen LogP contribution in [0.5, 0.6) is 0 Å². The van der Waals surface area contributed by atoms with Gasteiger partial charge in [0.2, 0.25) is 0 Å². The fourth-order valence-corrected chi connectivity index (χ4v) is 4.24. The molecule has 0 saturated carbocycles. The number of aromatic nitrogens is 2. The maximum atomic E-state index is 13.2. The molecule has 0 bridgehead atoms. The summed E-state index contributed by atoms with van der Waals surface area (Å²) in [6.07, 6.45) is 2.75. The van der Waals surface area contributed by atoms with Gasteiger partial charge in [0.25, 0.3) is 11.8 Å². The molecule has 27 heavy (non-hydrogen) atoms. The number of fused-ring (bicyclic) bond motifs is 2. The average Bonchev–Trinajstić information content (AvgIpc) is 3.36. The quantitative estimate of drug-likeness (QED) is 0.795. The molecule has 8 heteroatoms. The van der Waals surface area contributed by atoms with E-state index in [0.717, 1.165) is 36.2 Å². The van der Waals surface area contributed by atoms with Gasteiger partial charge in [-0.2, -0.15) is 5.10 Å². The standard InChI is InChI=1S/C19H19N5O3/c25-17-15-11-22(9-10-23(15)19(27)20-17)18(26)16-13-7-4-8-14(13)24(21-16)12-5-2-1-3-6-12/h1-3,5-6,15H,4,7-11H2,(H,20,25,27). The summed E-state index contributed by atoms with van der Waals surface area (Å²) < 4.78 is 1.87. The summed E-state index contributed by atoms with van der Waals surface area (Å²) in [7, 11) is 0. The molecule has 3 heterocycles. The molecule has 138 valence electrons. The van der Waals surface area contributed by atoms with E-state index in [2.05, 4.69) is 10.4 Å². The lowest BCUT2D eigenvalue weighted by Gasteiger charge is -2.35. The Kier molecular flexibility index (Phi) is 3.53. The van der Waals surface area contributed by atoms with Crippen molar-refractivity contribution in [2.24, 2.45) is 0 Å². The van der Waals surface area contributed by atoms with E-state index in [-0.39, 0.29) is 24.4 Å². The van der Waals surface area contributed by atoms with Gasteiger partial charge in [-0.1, -0.05) is 18.2 Å². The molecule has 0 radical (unpaired) electrons. The Morgan fingerprint density at radius 3 is 2.74 bits per heavy atom. The lowest BCUT2D eigenvalue weighted by atomic mass is 10.1. The Bertz CT molecular complexity index is 952. The van der Waals surface area contributed by atoms with Gasteiger partial charge in [-0.3, -0.25) is 14.9 Å². The molecular formula is C19H19N5O3. The minimum absolute atomic E-state index is 0.158. The third-order valence-electron chi connectivity index (χ3n) is 5.59. The van der Waals surface area contributed by atoms with Crippen LogP contribution < -0.4 is 5.32 Å². The van der Waals surface area contributed by atoms with Gasteiger partial charge in [-0.05, 0) is 31.4 Å².